The van der Waals surface area contributed by atoms with Crippen LogP contribution in [-0.2, 0) is 0 Å². The molecule has 1 aromatic carbocycles. The molecule has 2 N–H and O–H groups in total. The fraction of sp³-hybridized carbons (Fsp3) is 0.400. The van der Waals surface area contributed by atoms with E-state index < -0.39 is 0 Å². The van der Waals surface area contributed by atoms with Crippen LogP contribution < -0.4 is 10.6 Å². The maximum absolute atomic E-state index is 5.89. The van der Waals surface area contributed by atoms with Crippen molar-refractivity contribution in [2.45, 2.75) is 32.7 Å². The van der Waals surface area contributed by atoms with Crippen molar-refractivity contribution in [1.29, 1.82) is 0 Å². The lowest BCUT2D eigenvalue weighted by Crippen LogP contribution is -2.18. The minimum atomic E-state index is -0.00574. The number of para-hydroxylation sites is 1. The number of aromatic nitrogens is 1. The van der Waals surface area contributed by atoms with Gasteiger partial charge in [0.1, 0.15) is 0 Å². The average molecular weight is 275 g/mol. The van der Waals surface area contributed by atoms with Crippen LogP contribution in [0.1, 0.15) is 38.4 Å². The third-order valence-electron chi connectivity index (χ3n) is 3.01. The summed E-state index contributed by atoms with van der Waals surface area (Å²) in [6.45, 7) is 5.17. The van der Waals surface area contributed by atoms with Gasteiger partial charge in [-0.1, -0.05) is 31.5 Å². The maximum atomic E-state index is 5.89. The van der Waals surface area contributed by atoms with Crippen LogP contribution >= 0.6 is 11.3 Å². The Morgan fingerprint density at radius 3 is 2.63 bits per heavy atom. The van der Waals surface area contributed by atoms with Crippen molar-refractivity contribution in [2.24, 2.45) is 5.73 Å². The van der Waals surface area contributed by atoms with Crippen molar-refractivity contribution in [2.75, 3.05) is 11.4 Å². The first-order valence-electron chi connectivity index (χ1n) is 6.76. The third-order valence-corrected chi connectivity index (χ3v) is 3.89. The van der Waals surface area contributed by atoms with Gasteiger partial charge >= 0.3 is 0 Å². The highest BCUT2D eigenvalue weighted by molar-refractivity contribution is 7.13. The molecule has 0 aliphatic heterocycles. The predicted molar refractivity (Wildman–Crippen MR) is 83.1 cm³/mol. The van der Waals surface area contributed by atoms with Crippen molar-refractivity contribution in [1.82, 2.24) is 4.98 Å². The number of hydrogen-bond acceptors (Lipinski definition) is 4. The van der Waals surface area contributed by atoms with Gasteiger partial charge < -0.3 is 10.6 Å². The van der Waals surface area contributed by atoms with E-state index in [9.17, 15) is 0 Å². The summed E-state index contributed by atoms with van der Waals surface area (Å²) in [6.07, 6.45) is 2.33. The van der Waals surface area contributed by atoms with Gasteiger partial charge in [-0.15, -0.1) is 11.3 Å². The molecule has 0 fully saturated rings. The Bertz CT molecular complexity index is 493. The molecule has 1 atom stereocenters. The first-order chi connectivity index (χ1) is 9.22. The molecule has 3 nitrogen and oxygen atoms in total. The van der Waals surface area contributed by atoms with E-state index in [1.807, 2.05) is 13.0 Å². The number of hydrogen-bond donors (Lipinski definition) is 1. The number of thiazole rings is 1. The molecular formula is C15H21N3S. The van der Waals surface area contributed by atoms with Crippen molar-refractivity contribution < 1.29 is 0 Å². The van der Waals surface area contributed by atoms with Gasteiger partial charge in [0.15, 0.2) is 5.13 Å². The largest absolute Gasteiger partial charge is 0.323 e. The smallest absolute Gasteiger partial charge is 0.190 e. The standard InChI is InChI=1S/C15H21N3S/c1-3-4-10-18(13-8-6-5-7-9-13)15-17-14(11-19-15)12(2)16/h5-9,11-12H,3-4,10,16H2,1-2H3. The second-order valence-corrected chi connectivity index (χ2v) is 5.52. The Kier molecular flexibility index (Phi) is 4.93. The van der Waals surface area contributed by atoms with E-state index in [0.29, 0.717) is 0 Å². The lowest BCUT2D eigenvalue weighted by molar-refractivity contribution is 0.767. The molecule has 102 valence electrons. The van der Waals surface area contributed by atoms with Crippen LogP contribution in [0.3, 0.4) is 0 Å². The summed E-state index contributed by atoms with van der Waals surface area (Å²) >= 11 is 1.67. The molecule has 0 radical (unpaired) electrons. The van der Waals surface area contributed by atoms with Gasteiger partial charge in [-0.3, -0.25) is 0 Å². The summed E-state index contributed by atoms with van der Waals surface area (Å²) < 4.78 is 0. The zero-order valence-electron chi connectivity index (χ0n) is 11.5. The van der Waals surface area contributed by atoms with Gasteiger partial charge in [-0.2, -0.15) is 0 Å². The number of benzene rings is 1. The van der Waals surface area contributed by atoms with Gasteiger partial charge in [0, 0.05) is 23.7 Å². The van der Waals surface area contributed by atoms with E-state index in [0.717, 1.165) is 23.8 Å². The molecule has 0 bridgehead atoms. The van der Waals surface area contributed by atoms with E-state index in [1.54, 1.807) is 11.3 Å². The van der Waals surface area contributed by atoms with Crippen LogP contribution in [0.4, 0.5) is 10.8 Å². The average Bonchev–Trinajstić information content (AvgIpc) is 2.90. The normalized spacial score (nSPS) is 12.4. The highest BCUT2D eigenvalue weighted by atomic mass is 32.1. The molecule has 0 amide bonds. The molecule has 19 heavy (non-hydrogen) atoms. The topological polar surface area (TPSA) is 42.2 Å². The lowest BCUT2D eigenvalue weighted by atomic mass is 10.2. The minimum absolute atomic E-state index is 0.00574. The maximum Gasteiger partial charge on any atom is 0.190 e. The van der Waals surface area contributed by atoms with Crippen molar-refractivity contribution in [3.63, 3.8) is 0 Å². The Morgan fingerprint density at radius 1 is 1.32 bits per heavy atom. The van der Waals surface area contributed by atoms with Gasteiger partial charge in [0.05, 0.1) is 5.69 Å². The highest BCUT2D eigenvalue weighted by Gasteiger charge is 2.14. The Hall–Kier alpha value is -1.39. The molecule has 1 unspecified atom stereocenters. The zero-order valence-corrected chi connectivity index (χ0v) is 12.4. The van der Waals surface area contributed by atoms with Crippen LogP contribution in [0.5, 0.6) is 0 Å². The van der Waals surface area contributed by atoms with E-state index in [2.05, 4.69) is 46.5 Å². The number of unbranched alkanes of at least 4 members (excludes halogenated alkanes) is 1. The van der Waals surface area contributed by atoms with Gasteiger partial charge in [-0.05, 0) is 25.5 Å². The van der Waals surface area contributed by atoms with Crippen molar-refractivity contribution in [3.05, 3.63) is 41.4 Å². The molecule has 0 spiro atoms. The van der Waals surface area contributed by atoms with Crippen molar-refractivity contribution >= 4 is 22.2 Å². The van der Waals surface area contributed by atoms with Crippen LogP contribution in [0.15, 0.2) is 35.7 Å². The highest BCUT2D eigenvalue weighted by Crippen LogP contribution is 2.30. The minimum Gasteiger partial charge on any atom is -0.323 e. The summed E-state index contributed by atoms with van der Waals surface area (Å²) in [7, 11) is 0. The lowest BCUT2D eigenvalue weighted by Gasteiger charge is -2.21. The fourth-order valence-electron chi connectivity index (χ4n) is 1.87. The van der Waals surface area contributed by atoms with Gasteiger partial charge in [-0.25, -0.2) is 4.98 Å². The van der Waals surface area contributed by atoms with E-state index in [4.69, 9.17) is 5.73 Å². The number of rotatable bonds is 6. The summed E-state index contributed by atoms with van der Waals surface area (Å²) in [6, 6.07) is 10.4. The number of anilines is 2. The van der Waals surface area contributed by atoms with Crippen LogP contribution in [-0.4, -0.2) is 11.5 Å². The molecular weight excluding hydrogens is 254 g/mol. The molecule has 2 aromatic rings. The number of nitrogens with zero attached hydrogens (tertiary/aromatic N) is 2. The molecule has 0 saturated carbocycles. The fourth-order valence-corrected chi connectivity index (χ4v) is 2.84. The molecule has 2 rings (SSSR count). The Morgan fingerprint density at radius 2 is 2.05 bits per heavy atom. The molecule has 0 aliphatic rings. The first-order valence-corrected chi connectivity index (χ1v) is 7.64. The summed E-state index contributed by atoms with van der Waals surface area (Å²) in [5.41, 5.74) is 8.06. The predicted octanol–water partition coefficient (Wildman–Crippen LogP) is 4.10. The van der Waals surface area contributed by atoms with Gasteiger partial charge in [0.2, 0.25) is 0 Å². The number of nitrogens with two attached hydrogens (primary N) is 1. The SMILES string of the molecule is CCCCN(c1ccccc1)c1nc(C(C)N)cs1. The van der Waals surface area contributed by atoms with Crippen LogP contribution in [0.25, 0.3) is 0 Å². The second-order valence-electron chi connectivity index (χ2n) is 4.68. The van der Waals surface area contributed by atoms with Gasteiger partial charge in [0.25, 0.3) is 0 Å². The summed E-state index contributed by atoms with van der Waals surface area (Å²) in [5.74, 6) is 0. The van der Waals surface area contributed by atoms with E-state index in [1.165, 1.54) is 12.1 Å². The molecule has 1 heterocycles. The second kappa shape index (κ2) is 6.68. The van der Waals surface area contributed by atoms with Crippen molar-refractivity contribution in [3.8, 4) is 0 Å². The first kappa shape index (κ1) is 14.0. The molecule has 0 saturated heterocycles. The summed E-state index contributed by atoms with van der Waals surface area (Å²) in [4.78, 5) is 6.94. The molecule has 0 aliphatic carbocycles. The third kappa shape index (κ3) is 3.55. The van der Waals surface area contributed by atoms with Crippen LogP contribution in [0.2, 0.25) is 0 Å². The molecule has 4 heteroatoms. The monoisotopic (exact) mass is 275 g/mol. The quantitative estimate of drug-likeness (QED) is 0.863. The van der Waals surface area contributed by atoms with E-state index >= 15 is 0 Å². The Labute approximate surface area is 119 Å². The summed E-state index contributed by atoms with van der Waals surface area (Å²) in [5, 5.41) is 3.09. The Balaban J connectivity index is 2.26. The molecule has 1 aromatic heterocycles. The zero-order chi connectivity index (χ0) is 13.7. The van der Waals surface area contributed by atoms with E-state index in [-0.39, 0.29) is 6.04 Å². The van der Waals surface area contributed by atoms with Crippen LogP contribution in [0, 0.1) is 0 Å².